The van der Waals surface area contributed by atoms with Crippen LogP contribution in [-0.2, 0) is 14.1 Å². The topological polar surface area (TPSA) is 140 Å². The van der Waals surface area contributed by atoms with Crippen LogP contribution in [0.1, 0.15) is 47.5 Å². The lowest BCUT2D eigenvalue weighted by Gasteiger charge is -2.31. The van der Waals surface area contributed by atoms with E-state index in [1.807, 2.05) is 0 Å². The van der Waals surface area contributed by atoms with Crippen LogP contribution < -0.4 is 15.8 Å². The van der Waals surface area contributed by atoms with Gasteiger partial charge in [0.05, 0.1) is 6.20 Å². The van der Waals surface area contributed by atoms with Gasteiger partial charge in [0, 0.05) is 11.5 Å². The van der Waals surface area contributed by atoms with E-state index in [4.69, 9.17) is 9.57 Å². The van der Waals surface area contributed by atoms with Gasteiger partial charge in [0.2, 0.25) is 12.7 Å². The van der Waals surface area contributed by atoms with Gasteiger partial charge in [-0.15, -0.1) is 4.73 Å². The highest BCUT2D eigenvalue weighted by Gasteiger charge is 2.45. The molecule has 1 aromatic heterocycles. The molecule has 148 valence electrons. The van der Waals surface area contributed by atoms with E-state index in [0.717, 1.165) is 4.73 Å². The van der Waals surface area contributed by atoms with Gasteiger partial charge in [0.1, 0.15) is 5.82 Å². The highest BCUT2D eigenvalue weighted by Crippen LogP contribution is 2.55. The van der Waals surface area contributed by atoms with Crippen LogP contribution in [0.2, 0.25) is 0 Å². The molecule has 1 rings (SSSR count). The molecule has 0 saturated carbocycles. The Kier molecular flexibility index (Phi) is 7.12. The third kappa shape index (κ3) is 5.38. The highest BCUT2D eigenvalue weighted by molar-refractivity contribution is 7.53. The number of nitrogens with one attached hydrogen (secondary N) is 1. The Morgan fingerprint density at radius 3 is 2.31 bits per heavy atom. The van der Waals surface area contributed by atoms with E-state index >= 15 is 0 Å². The molecule has 10 nitrogen and oxygen atoms in total. The molecule has 11 heteroatoms. The summed E-state index contributed by atoms with van der Waals surface area (Å²) in [5.41, 5.74) is -1.46. The van der Waals surface area contributed by atoms with Gasteiger partial charge in [0.25, 0.3) is 0 Å². The molecule has 0 radical (unpaired) electrons. The van der Waals surface area contributed by atoms with Crippen molar-refractivity contribution in [1.82, 2.24) is 9.71 Å². The number of ether oxygens (including phenoxy) is 1. The highest BCUT2D eigenvalue weighted by atomic mass is 31.2. The van der Waals surface area contributed by atoms with E-state index in [9.17, 15) is 23.9 Å². The lowest BCUT2D eigenvalue weighted by atomic mass is 9.96. The summed E-state index contributed by atoms with van der Waals surface area (Å²) in [6.07, 6.45) is 1.37. The van der Waals surface area contributed by atoms with Crippen LogP contribution in [0.4, 0.5) is 5.82 Å². The number of anilines is 1. The molecule has 0 aliphatic carbocycles. The van der Waals surface area contributed by atoms with Gasteiger partial charge in [0.15, 0.2) is 5.34 Å². The van der Waals surface area contributed by atoms with Crippen molar-refractivity contribution >= 4 is 19.3 Å². The fraction of sp³-hybridized carbons (Fsp3) is 0.667. The van der Waals surface area contributed by atoms with E-state index in [1.165, 1.54) is 12.3 Å². The van der Waals surface area contributed by atoms with Gasteiger partial charge in [-0.25, -0.2) is 4.79 Å². The first-order valence-corrected chi connectivity index (χ1v) is 9.71. The molecule has 26 heavy (non-hydrogen) atoms. The first-order valence-electron chi connectivity index (χ1n) is 8.10. The monoisotopic (exact) mass is 391 g/mol. The molecule has 0 saturated heterocycles. The van der Waals surface area contributed by atoms with Crippen molar-refractivity contribution in [2.75, 3.05) is 12.1 Å². The summed E-state index contributed by atoms with van der Waals surface area (Å²) in [5.74, 6) is -0.230. The molecule has 0 aromatic carbocycles. The Hall–Kier alpha value is -1.74. The van der Waals surface area contributed by atoms with Crippen molar-refractivity contribution in [3.8, 4) is 0 Å². The molecule has 0 bridgehead atoms. The zero-order valence-corrected chi connectivity index (χ0v) is 16.4. The minimum absolute atomic E-state index is 0.0715. The molecule has 0 unspecified atom stereocenters. The van der Waals surface area contributed by atoms with E-state index in [2.05, 4.69) is 10.3 Å². The molecule has 3 N–H and O–H groups in total. The number of carbonyl (C=O) groups is 1. The van der Waals surface area contributed by atoms with Gasteiger partial charge < -0.3 is 24.7 Å². The molecule has 0 fully saturated rings. The normalized spacial score (nSPS) is 12.7. The fourth-order valence-corrected chi connectivity index (χ4v) is 3.05. The van der Waals surface area contributed by atoms with Gasteiger partial charge in [-0.05, 0) is 12.8 Å². The van der Waals surface area contributed by atoms with Crippen molar-refractivity contribution in [2.45, 2.75) is 52.8 Å². The summed E-state index contributed by atoms with van der Waals surface area (Å²) in [6.45, 7) is 7.78. The van der Waals surface area contributed by atoms with Crippen molar-refractivity contribution in [1.29, 1.82) is 0 Å². The van der Waals surface area contributed by atoms with Crippen LogP contribution in [-0.4, -0.2) is 37.5 Å². The second-order valence-corrected chi connectivity index (χ2v) is 8.62. The van der Waals surface area contributed by atoms with E-state index in [1.54, 1.807) is 34.6 Å². The molecule has 1 aromatic rings. The minimum Gasteiger partial charge on any atom is -0.381 e. The first kappa shape index (κ1) is 22.3. The maximum absolute atomic E-state index is 11.9. The number of amides is 1. The third-order valence-corrected chi connectivity index (χ3v) is 5.67. The van der Waals surface area contributed by atoms with Crippen molar-refractivity contribution in [3.05, 3.63) is 22.7 Å². The van der Waals surface area contributed by atoms with Crippen LogP contribution in [0.25, 0.3) is 0 Å². The first-order chi connectivity index (χ1) is 11.9. The van der Waals surface area contributed by atoms with Crippen LogP contribution in [0.15, 0.2) is 17.1 Å². The molecule has 0 atom stereocenters. The smallest absolute Gasteiger partial charge is 0.381 e. The maximum Gasteiger partial charge on any atom is 0.382 e. The van der Waals surface area contributed by atoms with Crippen LogP contribution in [0, 0.1) is 5.41 Å². The van der Waals surface area contributed by atoms with Crippen molar-refractivity contribution in [3.63, 3.8) is 0 Å². The molecule has 1 amide bonds. The predicted octanol–water partition coefficient (Wildman–Crippen LogP) is 1.32. The standard InChI is InChI=1S/C15H26N3O7P/c1-6-15(7-2,26(21,22)23)24-10-25-18-9-8-11(17-13(18)20)16-12(19)14(3,4)5/h8-9H,6-7,10H2,1-5H3,(H2,21,22,23)(H,16,17,19,20). The van der Waals surface area contributed by atoms with Crippen LogP contribution in [0.5, 0.6) is 0 Å². The minimum atomic E-state index is -4.53. The predicted molar refractivity (Wildman–Crippen MR) is 94.5 cm³/mol. The Morgan fingerprint density at radius 2 is 1.88 bits per heavy atom. The van der Waals surface area contributed by atoms with E-state index < -0.39 is 30.8 Å². The van der Waals surface area contributed by atoms with E-state index in [-0.39, 0.29) is 24.6 Å². The van der Waals surface area contributed by atoms with Crippen LogP contribution >= 0.6 is 7.60 Å². The summed E-state index contributed by atoms with van der Waals surface area (Å²) < 4.78 is 17.6. The van der Waals surface area contributed by atoms with Gasteiger partial charge in [-0.1, -0.05) is 34.6 Å². The number of aromatic nitrogens is 2. The van der Waals surface area contributed by atoms with Crippen molar-refractivity contribution < 1.29 is 28.7 Å². The Morgan fingerprint density at radius 1 is 1.31 bits per heavy atom. The summed E-state index contributed by atoms with van der Waals surface area (Å²) in [4.78, 5) is 51.5. The molecule has 0 aliphatic rings. The van der Waals surface area contributed by atoms with Crippen molar-refractivity contribution in [2.24, 2.45) is 5.41 Å². The number of rotatable bonds is 8. The Balaban J connectivity index is 2.80. The lowest BCUT2D eigenvalue weighted by Crippen LogP contribution is -2.37. The second-order valence-electron chi connectivity index (χ2n) is 6.71. The zero-order chi connectivity index (χ0) is 20.2. The SMILES string of the molecule is CCC(CC)(OCOn1ccc(NC(=O)C(C)(C)C)nc1=O)P(=O)(O)O. The lowest BCUT2D eigenvalue weighted by molar-refractivity contribution is -0.123. The second kappa shape index (κ2) is 8.30. The summed E-state index contributed by atoms with van der Waals surface area (Å²) in [7, 11) is -4.53. The van der Waals surface area contributed by atoms with Gasteiger partial charge >= 0.3 is 13.3 Å². The van der Waals surface area contributed by atoms with Gasteiger partial charge in [-0.2, -0.15) is 4.98 Å². The number of carbonyl (C=O) groups excluding carboxylic acids is 1. The molecular formula is C15H26N3O7P. The molecule has 1 heterocycles. The summed E-state index contributed by atoms with van der Waals surface area (Å²) in [6, 6.07) is 1.36. The fourth-order valence-electron chi connectivity index (χ4n) is 2.01. The molecule has 0 aliphatic heterocycles. The average Bonchev–Trinajstić information content (AvgIpc) is 2.51. The zero-order valence-electron chi connectivity index (χ0n) is 15.6. The summed E-state index contributed by atoms with van der Waals surface area (Å²) in [5, 5.41) is 0.839. The quantitative estimate of drug-likeness (QED) is 0.445. The largest absolute Gasteiger partial charge is 0.382 e. The summed E-state index contributed by atoms with van der Waals surface area (Å²) >= 11 is 0. The number of hydrogen-bond acceptors (Lipinski definition) is 6. The average molecular weight is 391 g/mol. The number of hydrogen-bond donors (Lipinski definition) is 3. The Bertz CT molecular complexity index is 731. The molecule has 0 spiro atoms. The maximum atomic E-state index is 11.9. The van der Waals surface area contributed by atoms with Crippen LogP contribution in [0.3, 0.4) is 0 Å². The van der Waals surface area contributed by atoms with Gasteiger partial charge in [-0.3, -0.25) is 9.36 Å². The Labute approximate surface area is 151 Å². The third-order valence-electron chi connectivity index (χ3n) is 3.85. The molecular weight excluding hydrogens is 365 g/mol. The number of nitrogens with zero attached hydrogens (tertiary/aromatic N) is 2. The van der Waals surface area contributed by atoms with E-state index in [0.29, 0.717) is 0 Å².